The van der Waals surface area contributed by atoms with Crippen LogP contribution in [0.3, 0.4) is 0 Å². The van der Waals surface area contributed by atoms with E-state index >= 15 is 0 Å². The Labute approximate surface area is 133 Å². The third-order valence-corrected chi connectivity index (χ3v) is 3.68. The molecule has 0 bridgehead atoms. The smallest absolute Gasteiger partial charge is 0.181 e. The van der Waals surface area contributed by atoms with Crippen LogP contribution in [0.15, 0.2) is 71.8 Å². The summed E-state index contributed by atoms with van der Waals surface area (Å²) < 4.78 is 1.84. The van der Waals surface area contributed by atoms with E-state index in [-0.39, 0.29) is 11.2 Å². The average Bonchev–Trinajstić information content (AvgIpc) is 2.59. The van der Waals surface area contributed by atoms with Crippen LogP contribution in [0.5, 0.6) is 5.75 Å². The van der Waals surface area contributed by atoms with E-state index < -0.39 is 0 Å². The van der Waals surface area contributed by atoms with Crippen LogP contribution in [0.4, 0.5) is 0 Å². The van der Waals surface area contributed by atoms with E-state index in [0.29, 0.717) is 12.1 Å². The molecule has 0 atom stereocenters. The molecule has 0 unspecified atom stereocenters. The van der Waals surface area contributed by atoms with E-state index in [1.807, 2.05) is 22.8 Å². The first-order valence-corrected chi connectivity index (χ1v) is 7.15. The lowest BCUT2D eigenvalue weighted by Crippen LogP contribution is -2.05. The Balaban J connectivity index is 2.04. The number of benzene rings is 2. The van der Waals surface area contributed by atoms with E-state index in [1.165, 1.54) is 12.1 Å². The maximum Gasteiger partial charge on any atom is 0.181 e. The Morgan fingerprint density at radius 2 is 1.70 bits per heavy atom. The number of phenols is 1. The number of aromatic nitrogens is 1. The molecule has 1 heterocycles. The highest BCUT2D eigenvalue weighted by Gasteiger charge is 2.10. The first-order valence-electron chi connectivity index (χ1n) is 7.15. The highest BCUT2D eigenvalue weighted by Crippen LogP contribution is 2.30. The predicted molar refractivity (Wildman–Crippen MR) is 88.1 cm³/mol. The Morgan fingerprint density at radius 3 is 2.35 bits per heavy atom. The van der Waals surface area contributed by atoms with Crippen molar-refractivity contribution in [2.75, 3.05) is 0 Å². The van der Waals surface area contributed by atoms with Crippen molar-refractivity contribution in [2.24, 2.45) is 0 Å². The largest absolute Gasteiger partial charge is 0.508 e. The van der Waals surface area contributed by atoms with Crippen molar-refractivity contribution < 1.29 is 5.11 Å². The SMILES string of the molecule is N#Cc1ccc(-c2cccc(O)c2Cn2ccc(=O)cc2)cc1. The first-order chi connectivity index (χ1) is 11.2. The van der Waals surface area contributed by atoms with Gasteiger partial charge in [0.15, 0.2) is 5.43 Å². The molecule has 0 saturated carbocycles. The predicted octanol–water partition coefficient (Wildman–Crippen LogP) is 3.14. The van der Waals surface area contributed by atoms with Crippen molar-refractivity contribution in [2.45, 2.75) is 6.54 Å². The molecule has 0 fully saturated rings. The molecule has 2 aromatic carbocycles. The minimum Gasteiger partial charge on any atom is -0.508 e. The molecule has 4 nitrogen and oxygen atoms in total. The van der Waals surface area contributed by atoms with Crippen LogP contribution in [0, 0.1) is 11.3 Å². The van der Waals surface area contributed by atoms with Crippen LogP contribution in [0.1, 0.15) is 11.1 Å². The fraction of sp³-hybridized carbons (Fsp3) is 0.0526. The van der Waals surface area contributed by atoms with E-state index in [9.17, 15) is 9.90 Å². The molecule has 112 valence electrons. The second-order valence-electron chi connectivity index (χ2n) is 5.20. The lowest BCUT2D eigenvalue weighted by molar-refractivity contribution is 0.466. The van der Waals surface area contributed by atoms with Crippen molar-refractivity contribution >= 4 is 0 Å². The molecule has 1 aromatic heterocycles. The molecule has 0 aliphatic carbocycles. The summed E-state index contributed by atoms with van der Waals surface area (Å²) in [5.41, 5.74) is 3.13. The number of nitrogens with zero attached hydrogens (tertiary/aromatic N) is 2. The quantitative estimate of drug-likeness (QED) is 0.808. The molecule has 3 aromatic rings. The van der Waals surface area contributed by atoms with Crippen LogP contribution in [0.25, 0.3) is 11.1 Å². The van der Waals surface area contributed by atoms with Crippen molar-refractivity contribution in [1.82, 2.24) is 4.57 Å². The lowest BCUT2D eigenvalue weighted by Gasteiger charge is -2.13. The van der Waals surface area contributed by atoms with Gasteiger partial charge >= 0.3 is 0 Å². The summed E-state index contributed by atoms with van der Waals surface area (Å²) in [5.74, 6) is 0.200. The van der Waals surface area contributed by atoms with Gasteiger partial charge in [-0.2, -0.15) is 5.26 Å². The first kappa shape index (κ1) is 14.6. The van der Waals surface area contributed by atoms with Gasteiger partial charge in [-0.1, -0.05) is 24.3 Å². The topological polar surface area (TPSA) is 66.0 Å². The molecule has 0 saturated heterocycles. The summed E-state index contributed by atoms with van der Waals surface area (Å²) >= 11 is 0. The Bertz CT molecular complexity index is 914. The highest BCUT2D eigenvalue weighted by atomic mass is 16.3. The third kappa shape index (κ3) is 3.14. The van der Waals surface area contributed by atoms with Gasteiger partial charge < -0.3 is 9.67 Å². The van der Waals surface area contributed by atoms with Gasteiger partial charge in [0.1, 0.15) is 5.75 Å². The van der Waals surface area contributed by atoms with Crippen molar-refractivity contribution in [3.8, 4) is 22.9 Å². The summed E-state index contributed by atoms with van der Waals surface area (Å²) in [6, 6.07) is 17.7. The molecule has 0 radical (unpaired) electrons. The molecule has 4 heteroatoms. The minimum absolute atomic E-state index is 0.0501. The number of hydrogen-bond donors (Lipinski definition) is 1. The van der Waals surface area contributed by atoms with Gasteiger partial charge in [-0.05, 0) is 29.3 Å². The van der Waals surface area contributed by atoms with E-state index in [4.69, 9.17) is 5.26 Å². The summed E-state index contributed by atoms with van der Waals surface area (Å²) in [6.45, 7) is 0.447. The van der Waals surface area contributed by atoms with Gasteiger partial charge in [-0.3, -0.25) is 4.79 Å². The zero-order valence-electron chi connectivity index (χ0n) is 12.3. The maximum atomic E-state index is 11.2. The number of hydrogen-bond acceptors (Lipinski definition) is 3. The van der Waals surface area contributed by atoms with Gasteiger partial charge in [0.25, 0.3) is 0 Å². The van der Waals surface area contributed by atoms with Crippen molar-refractivity contribution in [3.63, 3.8) is 0 Å². The highest BCUT2D eigenvalue weighted by molar-refractivity contribution is 5.70. The van der Waals surface area contributed by atoms with Crippen LogP contribution >= 0.6 is 0 Å². The number of nitriles is 1. The second-order valence-corrected chi connectivity index (χ2v) is 5.20. The molecule has 3 rings (SSSR count). The monoisotopic (exact) mass is 302 g/mol. The number of pyridine rings is 1. The zero-order valence-corrected chi connectivity index (χ0v) is 12.3. The second kappa shape index (κ2) is 6.20. The Kier molecular flexibility index (Phi) is 3.94. The standard InChI is InChI=1S/C19H14N2O2/c20-12-14-4-6-15(7-5-14)17-2-1-3-19(23)18(17)13-21-10-8-16(22)9-11-21/h1-11,23H,13H2. The van der Waals surface area contributed by atoms with E-state index in [2.05, 4.69) is 6.07 Å². The summed E-state index contributed by atoms with van der Waals surface area (Å²) in [5, 5.41) is 19.1. The molecule has 0 amide bonds. The molecule has 0 spiro atoms. The number of phenolic OH excluding ortho intramolecular Hbond substituents is 1. The minimum atomic E-state index is -0.0501. The van der Waals surface area contributed by atoms with Crippen LogP contribution in [-0.2, 0) is 6.54 Å². The number of rotatable bonds is 3. The molecule has 23 heavy (non-hydrogen) atoms. The van der Waals surface area contributed by atoms with Crippen molar-refractivity contribution in [1.29, 1.82) is 5.26 Å². The third-order valence-electron chi connectivity index (χ3n) is 3.68. The average molecular weight is 302 g/mol. The van der Waals surface area contributed by atoms with E-state index in [1.54, 1.807) is 36.7 Å². The Hall–Kier alpha value is -3.32. The fourth-order valence-electron chi connectivity index (χ4n) is 2.47. The zero-order chi connectivity index (χ0) is 16.2. The van der Waals surface area contributed by atoms with Gasteiger partial charge in [0, 0.05) is 30.1 Å². The number of aromatic hydroxyl groups is 1. The summed E-state index contributed by atoms with van der Waals surface area (Å²) in [6.07, 6.45) is 3.38. The molecular weight excluding hydrogens is 288 g/mol. The van der Waals surface area contributed by atoms with Crippen LogP contribution in [0.2, 0.25) is 0 Å². The van der Waals surface area contributed by atoms with Gasteiger partial charge in [-0.25, -0.2) is 0 Å². The Morgan fingerprint density at radius 1 is 1.00 bits per heavy atom. The maximum absolute atomic E-state index is 11.2. The van der Waals surface area contributed by atoms with Gasteiger partial charge in [0.2, 0.25) is 0 Å². The normalized spacial score (nSPS) is 10.2. The van der Waals surface area contributed by atoms with Gasteiger partial charge in [0.05, 0.1) is 18.2 Å². The van der Waals surface area contributed by atoms with Crippen molar-refractivity contribution in [3.05, 3.63) is 88.3 Å². The van der Waals surface area contributed by atoms with Crippen LogP contribution in [-0.4, -0.2) is 9.67 Å². The fourth-order valence-corrected chi connectivity index (χ4v) is 2.47. The van der Waals surface area contributed by atoms with Crippen LogP contribution < -0.4 is 5.43 Å². The molecular formula is C19H14N2O2. The summed E-state index contributed by atoms with van der Waals surface area (Å²) in [4.78, 5) is 11.2. The summed E-state index contributed by atoms with van der Waals surface area (Å²) in [7, 11) is 0. The molecule has 0 aliphatic heterocycles. The lowest BCUT2D eigenvalue weighted by atomic mass is 9.98. The van der Waals surface area contributed by atoms with E-state index in [0.717, 1.165) is 16.7 Å². The molecule has 1 N–H and O–H groups in total. The van der Waals surface area contributed by atoms with Gasteiger partial charge in [-0.15, -0.1) is 0 Å². The molecule has 0 aliphatic rings.